The summed E-state index contributed by atoms with van der Waals surface area (Å²) in [5, 5.41) is 7.39. The summed E-state index contributed by atoms with van der Waals surface area (Å²) >= 11 is 0. The fourth-order valence-corrected chi connectivity index (χ4v) is 4.97. The van der Waals surface area contributed by atoms with Crippen molar-refractivity contribution >= 4 is 5.96 Å². The summed E-state index contributed by atoms with van der Waals surface area (Å²) in [6.07, 6.45) is 7.83. The SMILES string of the molecule is CN=C(NC1CC2CCCC(C1)N2C)NC1CC1c1ccccc1C. The number of piperidine rings is 2. The molecule has 1 aromatic carbocycles. The van der Waals surface area contributed by atoms with Crippen molar-refractivity contribution in [2.75, 3.05) is 14.1 Å². The average Bonchev–Trinajstić information content (AvgIpc) is 3.34. The highest BCUT2D eigenvalue weighted by Crippen LogP contribution is 2.42. The van der Waals surface area contributed by atoms with Crippen LogP contribution in [0.4, 0.5) is 0 Å². The van der Waals surface area contributed by atoms with Gasteiger partial charge in [0.1, 0.15) is 0 Å². The fourth-order valence-electron chi connectivity index (χ4n) is 4.97. The minimum atomic E-state index is 0.526. The number of benzene rings is 1. The van der Waals surface area contributed by atoms with E-state index in [1.54, 1.807) is 0 Å². The summed E-state index contributed by atoms with van der Waals surface area (Å²) in [7, 11) is 4.21. The van der Waals surface area contributed by atoms with Crippen LogP contribution >= 0.6 is 0 Å². The summed E-state index contributed by atoms with van der Waals surface area (Å²) in [4.78, 5) is 7.12. The molecule has 0 amide bonds. The molecule has 3 aliphatic rings. The molecule has 4 nitrogen and oxygen atoms in total. The second-order valence-corrected chi connectivity index (χ2v) is 8.24. The Balaban J connectivity index is 1.33. The number of fused-ring (bicyclic) bond motifs is 2. The first-order valence-electron chi connectivity index (χ1n) is 9.93. The third-order valence-electron chi connectivity index (χ3n) is 6.60. The number of nitrogens with one attached hydrogen (secondary N) is 2. The van der Waals surface area contributed by atoms with Gasteiger partial charge in [-0.15, -0.1) is 0 Å². The molecule has 3 fully saturated rings. The number of aliphatic imine (C=N–C) groups is 1. The summed E-state index contributed by atoms with van der Waals surface area (Å²) in [6.45, 7) is 2.22. The van der Waals surface area contributed by atoms with Crippen LogP contribution in [-0.2, 0) is 0 Å². The summed E-state index contributed by atoms with van der Waals surface area (Å²) in [6, 6.07) is 11.4. The van der Waals surface area contributed by atoms with Crippen LogP contribution in [0, 0.1) is 6.92 Å². The van der Waals surface area contributed by atoms with Crippen LogP contribution in [-0.4, -0.2) is 49.1 Å². The zero-order chi connectivity index (χ0) is 17.4. The predicted octanol–water partition coefficient (Wildman–Crippen LogP) is 3.03. The van der Waals surface area contributed by atoms with E-state index in [-0.39, 0.29) is 0 Å². The molecule has 4 rings (SSSR count). The van der Waals surface area contributed by atoms with Crippen molar-refractivity contribution in [2.24, 2.45) is 4.99 Å². The standard InChI is InChI=1S/C21H32N4/c1-14-7-4-5-10-18(14)19-13-20(19)24-21(22-2)23-15-11-16-8-6-9-17(12-15)25(16)3/h4-5,7,10,15-17,19-20H,6,8-9,11-13H2,1-3H3,(H2,22,23,24). The van der Waals surface area contributed by atoms with E-state index >= 15 is 0 Å². The minimum absolute atomic E-state index is 0.526. The van der Waals surface area contributed by atoms with Crippen molar-refractivity contribution in [3.63, 3.8) is 0 Å². The highest BCUT2D eigenvalue weighted by atomic mass is 15.2. The van der Waals surface area contributed by atoms with Gasteiger partial charge >= 0.3 is 0 Å². The molecule has 2 aliphatic heterocycles. The van der Waals surface area contributed by atoms with Crippen LogP contribution in [0.15, 0.2) is 29.3 Å². The summed E-state index contributed by atoms with van der Waals surface area (Å²) in [5.74, 6) is 1.63. The molecular weight excluding hydrogens is 308 g/mol. The topological polar surface area (TPSA) is 39.7 Å². The molecule has 1 aliphatic carbocycles. The molecule has 0 aromatic heterocycles. The first-order chi connectivity index (χ1) is 12.2. The van der Waals surface area contributed by atoms with E-state index in [0.29, 0.717) is 18.0 Å². The smallest absolute Gasteiger partial charge is 0.191 e. The largest absolute Gasteiger partial charge is 0.354 e. The quantitative estimate of drug-likeness (QED) is 0.656. The average molecular weight is 341 g/mol. The molecule has 0 radical (unpaired) electrons. The first kappa shape index (κ1) is 16.9. The molecule has 136 valence electrons. The van der Waals surface area contributed by atoms with Crippen LogP contribution in [0.1, 0.15) is 55.6 Å². The van der Waals surface area contributed by atoms with Gasteiger partial charge in [-0.05, 0) is 57.2 Å². The van der Waals surface area contributed by atoms with E-state index in [0.717, 1.165) is 18.0 Å². The van der Waals surface area contributed by atoms with Gasteiger partial charge in [-0.25, -0.2) is 0 Å². The molecule has 1 saturated carbocycles. The zero-order valence-corrected chi connectivity index (χ0v) is 15.8. The predicted molar refractivity (Wildman–Crippen MR) is 104 cm³/mol. The Morgan fingerprint density at radius 3 is 2.48 bits per heavy atom. The maximum atomic E-state index is 4.51. The third kappa shape index (κ3) is 3.55. The Bertz CT molecular complexity index is 627. The minimum Gasteiger partial charge on any atom is -0.354 e. The van der Waals surface area contributed by atoms with Gasteiger partial charge in [0.25, 0.3) is 0 Å². The lowest BCUT2D eigenvalue weighted by Gasteiger charge is -2.47. The molecule has 25 heavy (non-hydrogen) atoms. The maximum absolute atomic E-state index is 4.51. The number of hydrogen-bond acceptors (Lipinski definition) is 2. The van der Waals surface area contributed by atoms with Gasteiger partial charge in [0.2, 0.25) is 0 Å². The van der Waals surface area contributed by atoms with Gasteiger partial charge in [-0.1, -0.05) is 30.7 Å². The lowest BCUT2D eigenvalue weighted by Crippen LogP contribution is -2.56. The Kier molecular flexibility index (Phi) is 4.72. The monoisotopic (exact) mass is 340 g/mol. The van der Waals surface area contributed by atoms with Crippen molar-refractivity contribution in [3.05, 3.63) is 35.4 Å². The second-order valence-electron chi connectivity index (χ2n) is 8.24. The van der Waals surface area contributed by atoms with E-state index in [1.807, 2.05) is 7.05 Å². The molecule has 2 bridgehead atoms. The highest BCUT2D eigenvalue weighted by molar-refractivity contribution is 5.81. The first-order valence-corrected chi connectivity index (χ1v) is 9.93. The molecule has 4 atom stereocenters. The molecule has 2 N–H and O–H groups in total. The molecular formula is C21H32N4. The van der Waals surface area contributed by atoms with Crippen molar-refractivity contribution in [3.8, 4) is 0 Å². The second kappa shape index (κ2) is 6.99. The van der Waals surface area contributed by atoms with Crippen LogP contribution in [0.5, 0.6) is 0 Å². The van der Waals surface area contributed by atoms with Gasteiger partial charge in [0.15, 0.2) is 5.96 Å². The molecule has 0 spiro atoms. The molecule has 4 unspecified atom stereocenters. The fraction of sp³-hybridized carbons (Fsp3) is 0.667. The van der Waals surface area contributed by atoms with Crippen LogP contribution in [0.2, 0.25) is 0 Å². The number of aryl methyl sites for hydroxylation is 1. The summed E-state index contributed by atoms with van der Waals surface area (Å²) in [5.41, 5.74) is 2.90. The maximum Gasteiger partial charge on any atom is 0.191 e. The van der Waals surface area contributed by atoms with Crippen molar-refractivity contribution < 1.29 is 0 Å². The van der Waals surface area contributed by atoms with Gasteiger partial charge < -0.3 is 15.5 Å². The normalized spacial score (nSPS) is 35.3. The van der Waals surface area contributed by atoms with E-state index < -0.39 is 0 Å². The van der Waals surface area contributed by atoms with Crippen LogP contribution in [0.3, 0.4) is 0 Å². The third-order valence-corrected chi connectivity index (χ3v) is 6.60. The Labute approximate surface area is 152 Å². The number of guanidine groups is 1. The van der Waals surface area contributed by atoms with E-state index in [4.69, 9.17) is 0 Å². The Hall–Kier alpha value is -1.55. The van der Waals surface area contributed by atoms with E-state index in [9.17, 15) is 0 Å². The zero-order valence-electron chi connectivity index (χ0n) is 15.8. The molecule has 2 saturated heterocycles. The lowest BCUT2D eigenvalue weighted by molar-refractivity contribution is 0.0526. The van der Waals surface area contributed by atoms with E-state index in [2.05, 4.69) is 58.8 Å². The highest BCUT2D eigenvalue weighted by Gasteiger charge is 2.41. The Morgan fingerprint density at radius 2 is 1.80 bits per heavy atom. The number of nitrogens with zero attached hydrogens (tertiary/aromatic N) is 2. The van der Waals surface area contributed by atoms with E-state index in [1.165, 1.54) is 49.7 Å². The lowest BCUT2D eigenvalue weighted by atomic mass is 9.82. The van der Waals surface area contributed by atoms with Crippen molar-refractivity contribution in [2.45, 2.75) is 75.5 Å². The number of rotatable bonds is 3. The number of hydrogen-bond donors (Lipinski definition) is 2. The van der Waals surface area contributed by atoms with Crippen molar-refractivity contribution in [1.29, 1.82) is 0 Å². The summed E-state index contributed by atoms with van der Waals surface area (Å²) < 4.78 is 0. The van der Waals surface area contributed by atoms with Gasteiger partial charge in [-0.3, -0.25) is 4.99 Å². The Morgan fingerprint density at radius 1 is 1.08 bits per heavy atom. The molecule has 4 heteroatoms. The molecule has 1 aromatic rings. The van der Waals surface area contributed by atoms with Crippen LogP contribution < -0.4 is 10.6 Å². The van der Waals surface area contributed by atoms with Gasteiger partial charge in [0, 0.05) is 37.1 Å². The van der Waals surface area contributed by atoms with Gasteiger partial charge in [0.05, 0.1) is 0 Å². The van der Waals surface area contributed by atoms with Crippen LogP contribution in [0.25, 0.3) is 0 Å². The van der Waals surface area contributed by atoms with Gasteiger partial charge in [-0.2, -0.15) is 0 Å². The van der Waals surface area contributed by atoms with Crippen molar-refractivity contribution in [1.82, 2.24) is 15.5 Å². The molecule has 2 heterocycles.